The van der Waals surface area contributed by atoms with Gasteiger partial charge in [-0.25, -0.2) is 8.78 Å². The van der Waals surface area contributed by atoms with E-state index >= 15 is 0 Å². The van der Waals surface area contributed by atoms with E-state index in [1.807, 2.05) is 0 Å². The maximum Gasteiger partial charge on any atom is 0.267 e. The van der Waals surface area contributed by atoms with Crippen LogP contribution < -0.4 is 5.73 Å². The first-order valence-corrected chi connectivity index (χ1v) is 4.27. The second kappa shape index (κ2) is 4.06. The van der Waals surface area contributed by atoms with Crippen molar-refractivity contribution in [1.29, 1.82) is 0 Å². The number of ether oxygens (including phenoxy) is 1. The SMILES string of the molecule is CC(O)COC1(F)CC(N)=CC=C1F. The monoisotopic (exact) mass is 205 g/mol. The molecule has 0 spiro atoms. The molecule has 0 saturated heterocycles. The van der Waals surface area contributed by atoms with Gasteiger partial charge in [0.05, 0.1) is 19.1 Å². The molecule has 1 aliphatic carbocycles. The molecule has 0 aromatic heterocycles. The van der Waals surface area contributed by atoms with Crippen molar-refractivity contribution in [2.75, 3.05) is 6.61 Å². The van der Waals surface area contributed by atoms with Crippen molar-refractivity contribution in [2.45, 2.75) is 25.3 Å². The van der Waals surface area contributed by atoms with Gasteiger partial charge in [-0.05, 0) is 19.1 Å². The average molecular weight is 205 g/mol. The Hall–Kier alpha value is -0.940. The van der Waals surface area contributed by atoms with Crippen molar-refractivity contribution in [3.8, 4) is 0 Å². The number of allylic oxidation sites excluding steroid dienone is 2. The normalized spacial score (nSPS) is 29.4. The molecular formula is C9H13F2NO2. The number of nitrogens with two attached hydrogens (primary N) is 1. The van der Waals surface area contributed by atoms with Crippen molar-refractivity contribution >= 4 is 0 Å². The molecule has 2 atom stereocenters. The molecule has 0 saturated carbocycles. The van der Waals surface area contributed by atoms with Crippen LogP contribution in [0.25, 0.3) is 0 Å². The Balaban J connectivity index is 2.66. The molecule has 0 aromatic rings. The molecule has 1 rings (SSSR count). The number of halogens is 2. The van der Waals surface area contributed by atoms with Gasteiger partial charge in [-0.2, -0.15) is 0 Å². The van der Waals surface area contributed by atoms with Gasteiger partial charge in [0.1, 0.15) is 0 Å². The van der Waals surface area contributed by atoms with Gasteiger partial charge in [-0.3, -0.25) is 0 Å². The van der Waals surface area contributed by atoms with Crippen LogP contribution >= 0.6 is 0 Å². The van der Waals surface area contributed by atoms with Crippen LogP contribution in [-0.4, -0.2) is 23.7 Å². The van der Waals surface area contributed by atoms with Gasteiger partial charge in [0.2, 0.25) is 0 Å². The third-order valence-corrected chi connectivity index (χ3v) is 1.79. The van der Waals surface area contributed by atoms with E-state index in [1.54, 1.807) is 0 Å². The molecule has 5 heteroatoms. The summed E-state index contributed by atoms with van der Waals surface area (Å²) in [5.41, 5.74) is 5.55. The molecule has 3 nitrogen and oxygen atoms in total. The van der Waals surface area contributed by atoms with Crippen LogP contribution in [0.1, 0.15) is 13.3 Å². The minimum Gasteiger partial charge on any atom is -0.402 e. The highest BCUT2D eigenvalue weighted by Crippen LogP contribution is 2.33. The van der Waals surface area contributed by atoms with Crippen LogP contribution in [0.15, 0.2) is 23.7 Å². The summed E-state index contributed by atoms with van der Waals surface area (Å²) in [6, 6.07) is 0. The van der Waals surface area contributed by atoms with E-state index in [9.17, 15) is 8.78 Å². The second-order valence-electron chi connectivity index (χ2n) is 3.32. The molecule has 14 heavy (non-hydrogen) atoms. The first-order valence-electron chi connectivity index (χ1n) is 4.27. The zero-order valence-corrected chi connectivity index (χ0v) is 7.84. The van der Waals surface area contributed by atoms with Crippen LogP contribution in [-0.2, 0) is 4.74 Å². The zero-order valence-electron chi connectivity index (χ0n) is 7.84. The fourth-order valence-electron chi connectivity index (χ4n) is 1.08. The molecule has 0 radical (unpaired) electrons. The van der Waals surface area contributed by atoms with Crippen molar-refractivity contribution in [3.05, 3.63) is 23.7 Å². The predicted octanol–water partition coefficient (Wildman–Crippen LogP) is 1.15. The van der Waals surface area contributed by atoms with E-state index in [4.69, 9.17) is 10.8 Å². The Morgan fingerprint density at radius 3 is 2.93 bits per heavy atom. The fraction of sp³-hybridized carbons (Fsp3) is 0.556. The quantitative estimate of drug-likeness (QED) is 0.726. The second-order valence-corrected chi connectivity index (χ2v) is 3.32. The molecule has 0 fully saturated rings. The Morgan fingerprint density at radius 1 is 1.71 bits per heavy atom. The lowest BCUT2D eigenvalue weighted by Gasteiger charge is -2.26. The Labute approximate surface area is 80.9 Å². The number of aliphatic hydroxyl groups is 1. The summed E-state index contributed by atoms with van der Waals surface area (Å²) in [6.07, 6.45) is 1.03. The van der Waals surface area contributed by atoms with Gasteiger partial charge in [0.15, 0.2) is 5.83 Å². The molecule has 2 unspecified atom stereocenters. The van der Waals surface area contributed by atoms with Crippen molar-refractivity contribution in [3.63, 3.8) is 0 Å². The molecule has 0 aromatic carbocycles. The van der Waals surface area contributed by atoms with E-state index in [1.165, 1.54) is 13.0 Å². The summed E-state index contributed by atoms with van der Waals surface area (Å²) in [5.74, 6) is -3.54. The Bertz CT molecular complexity index is 276. The number of hydrogen-bond acceptors (Lipinski definition) is 3. The first-order chi connectivity index (χ1) is 6.44. The first kappa shape index (κ1) is 11.1. The third kappa shape index (κ3) is 2.52. The van der Waals surface area contributed by atoms with E-state index in [-0.39, 0.29) is 18.7 Å². The third-order valence-electron chi connectivity index (χ3n) is 1.79. The molecular weight excluding hydrogens is 192 g/mol. The van der Waals surface area contributed by atoms with Crippen LogP contribution in [0, 0.1) is 0 Å². The fourth-order valence-corrected chi connectivity index (χ4v) is 1.08. The van der Waals surface area contributed by atoms with Crippen LogP contribution in [0.2, 0.25) is 0 Å². The van der Waals surface area contributed by atoms with E-state index < -0.39 is 17.8 Å². The zero-order chi connectivity index (χ0) is 10.8. The summed E-state index contributed by atoms with van der Waals surface area (Å²) >= 11 is 0. The number of rotatable bonds is 3. The Kier molecular flexibility index (Phi) is 3.23. The minimum atomic E-state index is -2.52. The smallest absolute Gasteiger partial charge is 0.267 e. The summed E-state index contributed by atoms with van der Waals surface area (Å²) in [5, 5.41) is 8.87. The van der Waals surface area contributed by atoms with Gasteiger partial charge in [-0.15, -0.1) is 0 Å². The molecule has 1 aliphatic rings. The van der Waals surface area contributed by atoms with Gasteiger partial charge >= 0.3 is 0 Å². The van der Waals surface area contributed by atoms with Gasteiger partial charge in [0.25, 0.3) is 5.85 Å². The predicted molar refractivity (Wildman–Crippen MR) is 47.6 cm³/mol. The van der Waals surface area contributed by atoms with Gasteiger partial charge < -0.3 is 15.6 Å². The standard InChI is InChI=1S/C9H13F2NO2/c1-6(13)5-14-9(11)4-7(12)2-3-8(9)10/h2-3,6,13H,4-5,12H2,1H3. The summed E-state index contributed by atoms with van der Waals surface area (Å²) in [6.45, 7) is 1.15. The summed E-state index contributed by atoms with van der Waals surface area (Å²) in [4.78, 5) is 0. The van der Waals surface area contributed by atoms with Crippen molar-refractivity contribution < 1.29 is 18.6 Å². The molecule has 80 valence electrons. The topological polar surface area (TPSA) is 55.5 Å². The lowest BCUT2D eigenvalue weighted by Crippen LogP contribution is -2.34. The van der Waals surface area contributed by atoms with E-state index in [2.05, 4.69) is 4.74 Å². The Morgan fingerprint density at radius 2 is 2.36 bits per heavy atom. The van der Waals surface area contributed by atoms with E-state index in [0.29, 0.717) is 0 Å². The van der Waals surface area contributed by atoms with Crippen LogP contribution in [0.3, 0.4) is 0 Å². The van der Waals surface area contributed by atoms with Crippen molar-refractivity contribution in [1.82, 2.24) is 0 Å². The van der Waals surface area contributed by atoms with Crippen LogP contribution in [0.4, 0.5) is 8.78 Å². The molecule has 0 aliphatic heterocycles. The maximum absolute atomic E-state index is 13.7. The van der Waals surface area contributed by atoms with Crippen LogP contribution in [0.5, 0.6) is 0 Å². The van der Waals surface area contributed by atoms with Crippen molar-refractivity contribution in [2.24, 2.45) is 5.73 Å². The molecule has 0 amide bonds. The lowest BCUT2D eigenvalue weighted by molar-refractivity contribution is -0.146. The number of aliphatic hydroxyl groups excluding tert-OH is 1. The van der Waals surface area contributed by atoms with Gasteiger partial charge in [0, 0.05) is 5.70 Å². The largest absolute Gasteiger partial charge is 0.402 e. The molecule has 0 heterocycles. The summed E-state index contributed by atoms with van der Waals surface area (Å²) < 4.78 is 31.3. The average Bonchev–Trinajstić information content (AvgIpc) is 2.09. The molecule has 0 bridgehead atoms. The lowest BCUT2D eigenvalue weighted by atomic mass is 10.1. The molecule has 3 N–H and O–H groups in total. The summed E-state index contributed by atoms with van der Waals surface area (Å²) in [7, 11) is 0. The number of hydrogen-bond donors (Lipinski definition) is 2. The number of alkyl halides is 1. The highest BCUT2D eigenvalue weighted by Gasteiger charge is 2.39. The highest BCUT2D eigenvalue weighted by molar-refractivity contribution is 5.25. The maximum atomic E-state index is 13.7. The van der Waals surface area contributed by atoms with E-state index in [0.717, 1.165) is 6.08 Å². The minimum absolute atomic E-state index is 0.208. The highest BCUT2D eigenvalue weighted by atomic mass is 19.2. The van der Waals surface area contributed by atoms with Gasteiger partial charge in [-0.1, -0.05) is 0 Å².